The molecule has 2 saturated carbocycles. The molecule has 2 rings (SSSR count). The minimum atomic E-state index is -0.521. The number of rotatable bonds is 2. The van der Waals surface area contributed by atoms with Crippen LogP contribution in [-0.2, 0) is 14.3 Å². The van der Waals surface area contributed by atoms with Crippen molar-refractivity contribution in [2.24, 2.45) is 17.8 Å². The predicted octanol–water partition coefficient (Wildman–Crippen LogP) is -0.255. The summed E-state index contributed by atoms with van der Waals surface area (Å²) < 4.78 is 4.50. The highest BCUT2D eigenvalue weighted by molar-refractivity contribution is 5.89. The molecule has 0 saturated heterocycles. The van der Waals surface area contributed by atoms with Gasteiger partial charge in [-0.2, -0.15) is 0 Å². The molecule has 0 amide bonds. The second-order valence-corrected chi connectivity index (χ2v) is 3.79. The third-order valence-corrected chi connectivity index (χ3v) is 3.09. The SMILES string of the molecule is COC(=O)C[C@H]1[C@@H]2C(=O)C[C@@H](O)[C@H]12. The maximum atomic E-state index is 11.2. The molecule has 2 fully saturated rings. The predicted molar refractivity (Wildman–Crippen MR) is 42.7 cm³/mol. The smallest absolute Gasteiger partial charge is 0.305 e. The summed E-state index contributed by atoms with van der Waals surface area (Å²) >= 11 is 0. The number of hydrogen-bond donors (Lipinski definition) is 1. The van der Waals surface area contributed by atoms with Gasteiger partial charge in [-0.25, -0.2) is 0 Å². The average Bonchev–Trinajstić information content (AvgIpc) is 2.69. The molecule has 4 atom stereocenters. The van der Waals surface area contributed by atoms with Gasteiger partial charge in [-0.05, 0) is 11.8 Å². The highest BCUT2D eigenvalue weighted by Crippen LogP contribution is 2.57. The van der Waals surface area contributed by atoms with Crippen LogP contribution < -0.4 is 0 Å². The van der Waals surface area contributed by atoms with Crippen LogP contribution in [-0.4, -0.2) is 30.1 Å². The van der Waals surface area contributed by atoms with Crippen LogP contribution in [0.5, 0.6) is 0 Å². The number of ketones is 1. The Morgan fingerprint density at radius 1 is 1.69 bits per heavy atom. The van der Waals surface area contributed by atoms with Crippen molar-refractivity contribution in [1.29, 1.82) is 0 Å². The number of Topliss-reactive ketones (excluding diaryl/α,β-unsaturated/α-hetero) is 1. The lowest BCUT2D eigenvalue weighted by Crippen LogP contribution is -2.14. The zero-order chi connectivity index (χ0) is 9.59. The zero-order valence-electron chi connectivity index (χ0n) is 7.40. The largest absolute Gasteiger partial charge is 0.469 e. The number of aliphatic hydroxyl groups is 1. The molecule has 1 N–H and O–H groups in total. The third-order valence-electron chi connectivity index (χ3n) is 3.09. The minimum Gasteiger partial charge on any atom is -0.469 e. The first-order valence-corrected chi connectivity index (χ1v) is 4.42. The lowest BCUT2D eigenvalue weighted by atomic mass is 10.1. The Hall–Kier alpha value is -0.900. The number of methoxy groups -OCH3 is 1. The fourth-order valence-corrected chi connectivity index (χ4v) is 2.40. The molecule has 0 spiro atoms. The van der Waals surface area contributed by atoms with E-state index in [2.05, 4.69) is 4.74 Å². The van der Waals surface area contributed by atoms with Gasteiger partial charge < -0.3 is 9.84 Å². The molecular weight excluding hydrogens is 172 g/mol. The molecule has 2 aliphatic carbocycles. The van der Waals surface area contributed by atoms with Crippen LogP contribution in [0.15, 0.2) is 0 Å². The van der Waals surface area contributed by atoms with Crippen molar-refractivity contribution < 1.29 is 19.4 Å². The molecule has 0 aliphatic heterocycles. The maximum absolute atomic E-state index is 11.2. The molecule has 72 valence electrons. The summed E-state index contributed by atoms with van der Waals surface area (Å²) in [5.41, 5.74) is 0. The summed E-state index contributed by atoms with van der Waals surface area (Å²) in [6, 6.07) is 0. The van der Waals surface area contributed by atoms with Crippen LogP contribution in [0.3, 0.4) is 0 Å². The molecule has 0 unspecified atom stereocenters. The van der Waals surface area contributed by atoms with Gasteiger partial charge in [0.1, 0.15) is 5.78 Å². The van der Waals surface area contributed by atoms with Gasteiger partial charge in [-0.15, -0.1) is 0 Å². The van der Waals surface area contributed by atoms with Crippen LogP contribution in [0.25, 0.3) is 0 Å². The number of aliphatic hydroxyl groups excluding tert-OH is 1. The van der Waals surface area contributed by atoms with E-state index in [0.29, 0.717) is 0 Å². The Morgan fingerprint density at radius 2 is 2.38 bits per heavy atom. The van der Waals surface area contributed by atoms with Crippen molar-refractivity contribution in [2.45, 2.75) is 18.9 Å². The Morgan fingerprint density at radius 3 is 2.85 bits per heavy atom. The standard InChI is InChI=1S/C9H12O4/c1-13-7(12)2-4-8-5(10)3-6(11)9(4)8/h4-5,8-10H,2-3H2,1H3/t4-,5-,8+,9-/m1/s1. The molecule has 4 nitrogen and oxygen atoms in total. The number of esters is 1. The molecule has 0 radical (unpaired) electrons. The van der Waals surface area contributed by atoms with E-state index in [1.807, 2.05) is 0 Å². The van der Waals surface area contributed by atoms with Gasteiger partial charge in [0.05, 0.1) is 13.2 Å². The number of carbonyl (C=O) groups excluding carboxylic acids is 2. The van der Waals surface area contributed by atoms with E-state index in [9.17, 15) is 14.7 Å². The number of hydrogen-bond acceptors (Lipinski definition) is 4. The first-order valence-electron chi connectivity index (χ1n) is 4.42. The molecule has 0 aromatic carbocycles. The fraction of sp³-hybridized carbons (Fsp3) is 0.778. The minimum absolute atomic E-state index is 0.0339. The van der Waals surface area contributed by atoms with Crippen molar-refractivity contribution in [2.75, 3.05) is 7.11 Å². The lowest BCUT2D eigenvalue weighted by Gasteiger charge is -2.05. The number of carbonyl (C=O) groups is 2. The molecule has 0 aromatic rings. The van der Waals surface area contributed by atoms with Crippen LogP contribution in [0.2, 0.25) is 0 Å². The van der Waals surface area contributed by atoms with E-state index in [1.54, 1.807) is 0 Å². The van der Waals surface area contributed by atoms with Crippen LogP contribution in [0.4, 0.5) is 0 Å². The lowest BCUT2D eigenvalue weighted by molar-refractivity contribution is -0.141. The van der Waals surface area contributed by atoms with Gasteiger partial charge in [0.2, 0.25) is 0 Å². The summed E-state index contributed by atoms with van der Waals surface area (Å²) in [6.45, 7) is 0. The highest BCUT2D eigenvalue weighted by Gasteiger charge is 2.62. The van der Waals surface area contributed by atoms with Gasteiger partial charge in [0, 0.05) is 18.8 Å². The first-order chi connectivity index (χ1) is 6.15. The van der Waals surface area contributed by atoms with Gasteiger partial charge in [-0.1, -0.05) is 0 Å². The van der Waals surface area contributed by atoms with E-state index < -0.39 is 6.10 Å². The third kappa shape index (κ3) is 1.25. The topological polar surface area (TPSA) is 63.6 Å². The van der Waals surface area contributed by atoms with Crippen molar-refractivity contribution in [3.05, 3.63) is 0 Å². The summed E-state index contributed by atoms with van der Waals surface area (Å²) in [4.78, 5) is 22.1. The van der Waals surface area contributed by atoms with Gasteiger partial charge in [0.15, 0.2) is 0 Å². The average molecular weight is 184 g/mol. The molecule has 2 aliphatic rings. The first kappa shape index (κ1) is 8.69. The van der Waals surface area contributed by atoms with Crippen molar-refractivity contribution >= 4 is 11.8 Å². The van der Waals surface area contributed by atoms with Crippen molar-refractivity contribution in [3.8, 4) is 0 Å². The fourth-order valence-electron chi connectivity index (χ4n) is 2.40. The summed E-state index contributed by atoms with van der Waals surface area (Å²) in [5.74, 6) is -0.171. The molecule has 13 heavy (non-hydrogen) atoms. The second kappa shape index (κ2) is 2.80. The van der Waals surface area contributed by atoms with E-state index in [4.69, 9.17) is 0 Å². The van der Waals surface area contributed by atoms with Crippen LogP contribution >= 0.6 is 0 Å². The van der Waals surface area contributed by atoms with Crippen LogP contribution in [0.1, 0.15) is 12.8 Å². The Labute approximate surface area is 75.9 Å². The number of fused-ring (bicyclic) bond motifs is 1. The molecule has 0 bridgehead atoms. The molecule has 4 heteroatoms. The summed E-state index contributed by atoms with van der Waals surface area (Å²) in [5, 5.41) is 9.39. The molecular formula is C9H12O4. The van der Waals surface area contributed by atoms with Gasteiger partial charge in [0.25, 0.3) is 0 Å². The quantitative estimate of drug-likeness (QED) is 0.601. The van der Waals surface area contributed by atoms with E-state index in [0.717, 1.165) is 0 Å². The van der Waals surface area contributed by atoms with Gasteiger partial charge >= 0.3 is 5.97 Å². The monoisotopic (exact) mass is 184 g/mol. The summed E-state index contributed by atoms with van der Waals surface area (Å²) in [6.07, 6.45) is 0.0221. The maximum Gasteiger partial charge on any atom is 0.305 e. The van der Waals surface area contributed by atoms with Crippen molar-refractivity contribution in [1.82, 2.24) is 0 Å². The van der Waals surface area contributed by atoms with E-state index in [1.165, 1.54) is 7.11 Å². The van der Waals surface area contributed by atoms with Crippen molar-refractivity contribution in [3.63, 3.8) is 0 Å². The number of ether oxygens (including phenoxy) is 1. The van der Waals surface area contributed by atoms with E-state index >= 15 is 0 Å². The normalized spacial score (nSPS) is 41.5. The zero-order valence-corrected chi connectivity index (χ0v) is 7.40. The second-order valence-electron chi connectivity index (χ2n) is 3.79. The van der Waals surface area contributed by atoms with Crippen LogP contribution in [0, 0.1) is 17.8 Å². The molecule has 0 heterocycles. The van der Waals surface area contributed by atoms with E-state index in [-0.39, 0.29) is 42.3 Å². The Kier molecular flexibility index (Phi) is 1.87. The highest BCUT2D eigenvalue weighted by atomic mass is 16.5. The summed E-state index contributed by atoms with van der Waals surface area (Å²) in [7, 11) is 1.33. The Bertz CT molecular complexity index is 260. The molecule has 0 aromatic heterocycles. The van der Waals surface area contributed by atoms with Gasteiger partial charge in [-0.3, -0.25) is 9.59 Å². The Balaban J connectivity index is 1.94.